The van der Waals surface area contributed by atoms with Crippen LogP contribution in [0, 0.1) is 11.3 Å². The van der Waals surface area contributed by atoms with Gasteiger partial charge in [-0.1, -0.05) is 0 Å². The number of hydrogen-bond donors (Lipinski definition) is 0. The van der Waals surface area contributed by atoms with Gasteiger partial charge in [0.15, 0.2) is 6.29 Å². The normalized spacial score (nSPS) is 16.4. The van der Waals surface area contributed by atoms with Crippen LogP contribution in [-0.4, -0.2) is 26.1 Å². The van der Waals surface area contributed by atoms with Crippen LogP contribution in [0.25, 0.3) is 0 Å². The van der Waals surface area contributed by atoms with Crippen molar-refractivity contribution in [3.63, 3.8) is 0 Å². The second-order valence-electron chi connectivity index (χ2n) is 3.80. The van der Waals surface area contributed by atoms with Crippen LogP contribution >= 0.6 is 0 Å². The molecule has 1 aromatic rings. The molecule has 1 fully saturated rings. The van der Waals surface area contributed by atoms with Gasteiger partial charge in [-0.25, -0.2) is 0 Å². The lowest BCUT2D eigenvalue weighted by atomic mass is 10.2. The molecular formula is C13H15NO3. The Kier molecular flexibility index (Phi) is 4.37. The van der Waals surface area contributed by atoms with Gasteiger partial charge in [0, 0.05) is 6.42 Å². The third-order valence-corrected chi connectivity index (χ3v) is 2.50. The molecule has 4 heteroatoms. The van der Waals surface area contributed by atoms with Gasteiger partial charge in [0.25, 0.3) is 0 Å². The Morgan fingerprint density at radius 1 is 1.24 bits per heavy atom. The molecule has 0 aliphatic carbocycles. The second kappa shape index (κ2) is 6.24. The average Bonchev–Trinajstić information content (AvgIpc) is 2.41. The van der Waals surface area contributed by atoms with E-state index in [9.17, 15) is 0 Å². The van der Waals surface area contributed by atoms with Crippen molar-refractivity contribution in [1.29, 1.82) is 5.26 Å². The summed E-state index contributed by atoms with van der Waals surface area (Å²) in [6.07, 6.45) is 1.55. The van der Waals surface area contributed by atoms with E-state index < -0.39 is 0 Å². The smallest absolute Gasteiger partial charge is 0.160 e. The van der Waals surface area contributed by atoms with Gasteiger partial charge in [0.2, 0.25) is 0 Å². The molecule has 0 amide bonds. The Labute approximate surface area is 101 Å². The quantitative estimate of drug-likeness (QED) is 0.799. The molecule has 1 aliphatic rings. The van der Waals surface area contributed by atoms with E-state index in [1.807, 2.05) is 0 Å². The third-order valence-electron chi connectivity index (χ3n) is 2.50. The number of benzene rings is 1. The van der Waals surface area contributed by atoms with Crippen LogP contribution in [0.4, 0.5) is 0 Å². The lowest BCUT2D eigenvalue weighted by molar-refractivity contribution is -0.183. The molecule has 90 valence electrons. The van der Waals surface area contributed by atoms with Gasteiger partial charge in [-0.15, -0.1) is 0 Å². The maximum Gasteiger partial charge on any atom is 0.160 e. The van der Waals surface area contributed by atoms with Crippen molar-refractivity contribution in [1.82, 2.24) is 0 Å². The number of rotatable bonds is 4. The van der Waals surface area contributed by atoms with Crippen molar-refractivity contribution in [2.24, 2.45) is 0 Å². The summed E-state index contributed by atoms with van der Waals surface area (Å²) >= 11 is 0. The first-order chi connectivity index (χ1) is 8.38. The Morgan fingerprint density at radius 3 is 2.59 bits per heavy atom. The fourth-order valence-electron chi connectivity index (χ4n) is 1.60. The van der Waals surface area contributed by atoms with Gasteiger partial charge in [-0.05, 0) is 30.7 Å². The van der Waals surface area contributed by atoms with Crippen molar-refractivity contribution in [3.05, 3.63) is 29.8 Å². The monoisotopic (exact) mass is 233 g/mol. The zero-order chi connectivity index (χ0) is 11.9. The number of ether oxygens (including phenoxy) is 3. The van der Waals surface area contributed by atoms with Crippen LogP contribution in [0.2, 0.25) is 0 Å². The minimum Gasteiger partial charge on any atom is -0.493 e. The van der Waals surface area contributed by atoms with E-state index in [2.05, 4.69) is 6.07 Å². The largest absolute Gasteiger partial charge is 0.493 e. The molecule has 0 bridgehead atoms. The SMILES string of the molecule is N#Cc1ccc(OCCC2OCCCO2)cc1. The van der Waals surface area contributed by atoms with E-state index in [1.165, 1.54) is 0 Å². The summed E-state index contributed by atoms with van der Waals surface area (Å²) in [5, 5.41) is 8.65. The lowest BCUT2D eigenvalue weighted by Crippen LogP contribution is -2.26. The minimum absolute atomic E-state index is 0.137. The van der Waals surface area contributed by atoms with Crippen molar-refractivity contribution in [3.8, 4) is 11.8 Å². The first kappa shape index (κ1) is 11.9. The van der Waals surface area contributed by atoms with Gasteiger partial charge in [-0.3, -0.25) is 0 Å². The average molecular weight is 233 g/mol. The minimum atomic E-state index is -0.137. The highest BCUT2D eigenvalue weighted by atomic mass is 16.7. The summed E-state index contributed by atoms with van der Waals surface area (Å²) in [6.45, 7) is 2.08. The van der Waals surface area contributed by atoms with Gasteiger partial charge >= 0.3 is 0 Å². The van der Waals surface area contributed by atoms with E-state index in [-0.39, 0.29) is 6.29 Å². The molecule has 1 aliphatic heterocycles. The highest BCUT2D eigenvalue weighted by Gasteiger charge is 2.13. The van der Waals surface area contributed by atoms with E-state index in [4.69, 9.17) is 19.5 Å². The molecule has 0 atom stereocenters. The number of nitrogens with zero attached hydrogens (tertiary/aromatic N) is 1. The number of nitriles is 1. The molecule has 1 heterocycles. The summed E-state index contributed by atoms with van der Waals surface area (Å²) < 4.78 is 16.4. The topological polar surface area (TPSA) is 51.5 Å². The molecule has 0 spiro atoms. The zero-order valence-corrected chi connectivity index (χ0v) is 9.59. The van der Waals surface area contributed by atoms with Gasteiger partial charge in [0.1, 0.15) is 5.75 Å². The molecule has 4 nitrogen and oxygen atoms in total. The summed E-state index contributed by atoms with van der Waals surface area (Å²) in [6, 6.07) is 9.13. The molecular weight excluding hydrogens is 218 g/mol. The first-order valence-electron chi connectivity index (χ1n) is 5.74. The van der Waals surface area contributed by atoms with Crippen molar-refractivity contribution < 1.29 is 14.2 Å². The van der Waals surface area contributed by atoms with Crippen LogP contribution < -0.4 is 4.74 Å². The molecule has 17 heavy (non-hydrogen) atoms. The van der Waals surface area contributed by atoms with Gasteiger partial charge < -0.3 is 14.2 Å². The van der Waals surface area contributed by atoms with Crippen LogP contribution in [0.1, 0.15) is 18.4 Å². The molecule has 0 N–H and O–H groups in total. The third kappa shape index (κ3) is 3.74. The standard InChI is InChI=1S/C13H15NO3/c14-10-11-2-4-12(5-3-11)15-9-6-13-16-7-1-8-17-13/h2-5,13H,1,6-9H2. The highest BCUT2D eigenvalue weighted by molar-refractivity contribution is 5.34. The van der Waals surface area contributed by atoms with Crippen molar-refractivity contribution in [2.45, 2.75) is 19.1 Å². The Bertz CT molecular complexity index is 377. The molecule has 0 unspecified atom stereocenters. The van der Waals surface area contributed by atoms with Crippen LogP contribution in [-0.2, 0) is 9.47 Å². The predicted molar refractivity (Wildman–Crippen MR) is 61.6 cm³/mol. The van der Waals surface area contributed by atoms with Crippen LogP contribution in [0.3, 0.4) is 0 Å². The van der Waals surface area contributed by atoms with Crippen LogP contribution in [0.5, 0.6) is 5.75 Å². The van der Waals surface area contributed by atoms with E-state index in [1.54, 1.807) is 24.3 Å². The fourth-order valence-corrected chi connectivity index (χ4v) is 1.60. The van der Waals surface area contributed by atoms with E-state index in [0.717, 1.165) is 31.8 Å². The highest BCUT2D eigenvalue weighted by Crippen LogP contribution is 2.13. The van der Waals surface area contributed by atoms with E-state index >= 15 is 0 Å². The Hall–Kier alpha value is -1.57. The summed E-state index contributed by atoms with van der Waals surface area (Å²) in [5.41, 5.74) is 0.635. The van der Waals surface area contributed by atoms with E-state index in [0.29, 0.717) is 12.2 Å². The molecule has 1 saturated heterocycles. The first-order valence-corrected chi connectivity index (χ1v) is 5.74. The summed E-state index contributed by atoms with van der Waals surface area (Å²) in [4.78, 5) is 0. The van der Waals surface area contributed by atoms with Gasteiger partial charge in [-0.2, -0.15) is 5.26 Å². The maximum absolute atomic E-state index is 8.65. The summed E-state index contributed by atoms with van der Waals surface area (Å²) in [5.74, 6) is 0.764. The Morgan fingerprint density at radius 2 is 1.94 bits per heavy atom. The van der Waals surface area contributed by atoms with Crippen molar-refractivity contribution >= 4 is 0 Å². The van der Waals surface area contributed by atoms with Crippen LogP contribution in [0.15, 0.2) is 24.3 Å². The fraction of sp³-hybridized carbons (Fsp3) is 0.462. The zero-order valence-electron chi connectivity index (χ0n) is 9.59. The molecule has 0 radical (unpaired) electrons. The molecule has 0 saturated carbocycles. The van der Waals surface area contributed by atoms with Crippen molar-refractivity contribution in [2.75, 3.05) is 19.8 Å². The summed E-state index contributed by atoms with van der Waals surface area (Å²) in [7, 11) is 0. The molecule has 2 rings (SSSR count). The Balaban J connectivity index is 1.72. The predicted octanol–water partition coefficient (Wildman–Crippen LogP) is 2.09. The molecule has 1 aromatic carbocycles. The number of hydrogen-bond acceptors (Lipinski definition) is 4. The maximum atomic E-state index is 8.65. The molecule has 0 aromatic heterocycles. The van der Waals surface area contributed by atoms with Gasteiger partial charge in [0.05, 0.1) is 31.5 Å². The second-order valence-corrected chi connectivity index (χ2v) is 3.80. The lowest BCUT2D eigenvalue weighted by Gasteiger charge is -2.23.